The lowest BCUT2D eigenvalue weighted by molar-refractivity contribution is 0.431. The standard InChI is InChI=1S/C15H19ClN2OS/c1-4-8-17-9-12-6-5-7-13(16)14(12)20-15-18-10(2)11(3)19-15/h5-7,17H,4,8-9H2,1-3H3. The number of oxazole rings is 1. The summed E-state index contributed by atoms with van der Waals surface area (Å²) in [6.07, 6.45) is 1.11. The number of nitrogens with one attached hydrogen (secondary N) is 1. The normalized spacial score (nSPS) is 11.0. The van der Waals surface area contributed by atoms with Gasteiger partial charge in [-0.05, 0) is 50.2 Å². The molecule has 0 fully saturated rings. The van der Waals surface area contributed by atoms with Gasteiger partial charge in [-0.2, -0.15) is 0 Å². The summed E-state index contributed by atoms with van der Waals surface area (Å²) in [5.74, 6) is 0.852. The third-order valence-electron chi connectivity index (χ3n) is 2.99. The third-order valence-corrected chi connectivity index (χ3v) is 4.45. The van der Waals surface area contributed by atoms with Crippen molar-refractivity contribution in [3.63, 3.8) is 0 Å². The summed E-state index contributed by atoms with van der Waals surface area (Å²) in [5, 5.41) is 4.78. The number of aryl methyl sites for hydroxylation is 2. The molecule has 1 aromatic carbocycles. The van der Waals surface area contributed by atoms with Crippen molar-refractivity contribution in [1.29, 1.82) is 0 Å². The monoisotopic (exact) mass is 310 g/mol. The predicted octanol–water partition coefficient (Wildman–Crippen LogP) is 4.60. The first-order valence-electron chi connectivity index (χ1n) is 6.71. The molecule has 0 aliphatic carbocycles. The summed E-state index contributed by atoms with van der Waals surface area (Å²) in [6, 6.07) is 5.96. The van der Waals surface area contributed by atoms with Crippen LogP contribution in [0.15, 0.2) is 32.7 Å². The molecule has 108 valence electrons. The summed E-state index contributed by atoms with van der Waals surface area (Å²) in [5.41, 5.74) is 2.09. The van der Waals surface area contributed by atoms with E-state index in [2.05, 4.69) is 23.3 Å². The van der Waals surface area contributed by atoms with E-state index in [0.717, 1.165) is 40.9 Å². The molecule has 0 spiro atoms. The highest BCUT2D eigenvalue weighted by Gasteiger charge is 2.13. The molecule has 0 radical (unpaired) electrons. The Bertz CT molecular complexity index is 564. The molecule has 0 bridgehead atoms. The SMILES string of the molecule is CCCNCc1cccc(Cl)c1Sc1nc(C)c(C)o1. The lowest BCUT2D eigenvalue weighted by Crippen LogP contribution is -2.14. The van der Waals surface area contributed by atoms with Crippen LogP contribution >= 0.6 is 23.4 Å². The first-order chi connectivity index (χ1) is 9.61. The van der Waals surface area contributed by atoms with Crippen molar-refractivity contribution in [2.45, 2.75) is 43.9 Å². The van der Waals surface area contributed by atoms with Crippen molar-refractivity contribution in [3.05, 3.63) is 40.2 Å². The molecule has 1 heterocycles. The summed E-state index contributed by atoms with van der Waals surface area (Å²) >= 11 is 7.80. The van der Waals surface area contributed by atoms with E-state index in [1.54, 1.807) is 0 Å². The minimum absolute atomic E-state index is 0.643. The van der Waals surface area contributed by atoms with Crippen LogP contribution < -0.4 is 5.32 Å². The van der Waals surface area contributed by atoms with Crippen molar-refractivity contribution in [2.75, 3.05) is 6.54 Å². The quantitative estimate of drug-likeness (QED) is 0.792. The highest BCUT2D eigenvalue weighted by atomic mass is 35.5. The van der Waals surface area contributed by atoms with E-state index in [4.69, 9.17) is 16.0 Å². The lowest BCUT2D eigenvalue weighted by atomic mass is 10.2. The first-order valence-corrected chi connectivity index (χ1v) is 7.91. The zero-order valence-electron chi connectivity index (χ0n) is 12.0. The van der Waals surface area contributed by atoms with Gasteiger partial charge in [0.15, 0.2) is 0 Å². The number of nitrogens with zero attached hydrogens (tertiary/aromatic N) is 1. The maximum atomic E-state index is 6.32. The topological polar surface area (TPSA) is 38.1 Å². The summed E-state index contributed by atoms with van der Waals surface area (Å²) in [7, 11) is 0. The van der Waals surface area contributed by atoms with Gasteiger partial charge in [-0.25, -0.2) is 4.98 Å². The van der Waals surface area contributed by atoms with E-state index in [1.807, 2.05) is 26.0 Å². The molecule has 1 N–H and O–H groups in total. The fraction of sp³-hybridized carbons (Fsp3) is 0.400. The zero-order chi connectivity index (χ0) is 14.5. The molecule has 0 amide bonds. The first kappa shape index (κ1) is 15.4. The fourth-order valence-electron chi connectivity index (χ4n) is 1.78. The highest BCUT2D eigenvalue weighted by molar-refractivity contribution is 7.99. The zero-order valence-corrected chi connectivity index (χ0v) is 13.6. The van der Waals surface area contributed by atoms with Crippen LogP contribution in [0.4, 0.5) is 0 Å². The Morgan fingerprint density at radius 3 is 2.80 bits per heavy atom. The second-order valence-electron chi connectivity index (χ2n) is 4.63. The number of hydrogen-bond donors (Lipinski definition) is 1. The predicted molar refractivity (Wildman–Crippen MR) is 83.5 cm³/mol. The van der Waals surface area contributed by atoms with Crippen molar-refractivity contribution >= 4 is 23.4 Å². The second-order valence-corrected chi connectivity index (χ2v) is 6.00. The molecule has 2 rings (SSSR count). The maximum absolute atomic E-state index is 6.32. The minimum atomic E-state index is 0.643. The number of hydrogen-bond acceptors (Lipinski definition) is 4. The van der Waals surface area contributed by atoms with Gasteiger partial charge in [-0.1, -0.05) is 30.7 Å². The van der Waals surface area contributed by atoms with E-state index >= 15 is 0 Å². The summed E-state index contributed by atoms with van der Waals surface area (Å²) in [4.78, 5) is 5.41. The molecule has 1 aromatic heterocycles. The van der Waals surface area contributed by atoms with Crippen LogP contribution in [0, 0.1) is 13.8 Å². The number of rotatable bonds is 6. The van der Waals surface area contributed by atoms with Gasteiger partial charge in [0.1, 0.15) is 5.76 Å². The van der Waals surface area contributed by atoms with Gasteiger partial charge in [0, 0.05) is 11.4 Å². The van der Waals surface area contributed by atoms with Gasteiger partial charge in [0.25, 0.3) is 5.22 Å². The van der Waals surface area contributed by atoms with Crippen LogP contribution in [-0.2, 0) is 6.54 Å². The van der Waals surface area contributed by atoms with Crippen LogP contribution in [0.3, 0.4) is 0 Å². The van der Waals surface area contributed by atoms with Gasteiger partial charge >= 0.3 is 0 Å². The molecule has 20 heavy (non-hydrogen) atoms. The van der Waals surface area contributed by atoms with Crippen LogP contribution in [0.2, 0.25) is 5.02 Å². The van der Waals surface area contributed by atoms with E-state index in [9.17, 15) is 0 Å². The molecule has 0 atom stereocenters. The Balaban J connectivity index is 2.20. The van der Waals surface area contributed by atoms with Crippen molar-refractivity contribution in [1.82, 2.24) is 10.3 Å². The molecule has 2 aromatic rings. The molecule has 0 aliphatic heterocycles. The second kappa shape index (κ2) is 7.16. The number of aromatic nitrogens is 1. The van der Waals surface area contributed by atoms with Crippen LogP contribution in [0.1, 0.15) is 30.4 Å². The molecule has 0 saturated heterocycles. The molecule has 0 saturated carbocycles. The van der Waals surface area contributed by atoms with Gasteiger partial charge in [-0.3, -0.25) is 0 Å². The maximum Gasteiger partial charge on any atom is 0.261 e. The average molecular weight is 311 g/mol. The Kier molecular flexibility index (Phi) is 5.52. The molecule has 0 unspecified atom stereocenters. The third kappa shape index (κ3) is 3.78. The van der Waals surface area contributed by atoms with Crippen molar-refractivity contribution < 1.29 is 4.42 Å². The minimum Gasteiger partial charge on any atom is -0.436 e. The largest absolute Gasteiger partial charge is 0.436 e. The number of benzene rings is 1. The van der Waals surface area contributed by atoms with Gasteiger partial charge in [-0.15, -0.1) is 0 Å². The van der Waals surface area contributed by atoms with Gasteiger partial charge in [0.05, 0.1) is 10.7 Å². The summed E-state index contributed by atoms with van der Waals surface area (Å²) in [6.45, 7) is 7.81. The Hall–Kier alpha value is -0.970. The van der Waals surface area contributed by atoms with E-state index in [0.29, 0.717) is 5.22 Å². The van der Waals surface area contributed by atoms with Crippen LogP contribution in [0.5, 0.6) is 0 Å². The van der Waals surface area contributed by atoms with Gasteiger partial charge in [0.2, 0.25) is 0 Å². The number of halogens is 1. The lowest BCUT2D eigenvalue weighted by Gasteiger charge is -2.10. The Labute approximate surface area is 129 Å². The van der Waals surface area contributed by atoms with Crippen molar-refractivity contribution in [3.8, 4) is 0 Å². The van der Waals surface area contributed by atoms with Gasteiger partial charge < -0.3 is 9.73 Å². The summed E-state index contributed by atoms with van der Waals surface area (Å²) < 4.78 is 5.63. The highest BCUT2D eigenvalue weighted by Crippen LogP contribution is 2.36. The van der Waals surface area contributed by atoms with Crippen LogP contribution in [0.25, 0.3) is 0 Å². The van der Waals surface area contributed by atoms with E-state index in [1.165, 1.54) is 17.3 Å². The Morgan fingerprint density at radius 2 is 2.15 bits per heavy atom. The molecule has 5 heteroatoms. The van der Waals surface area contributed by atoms with Crippen molar-refractivity contribution in [2.24, 2.45) is 0 Å². The molecular formula is C15H19ClN2OS. The van der Waals surface area contributed by atoms with E-state index in [-0.39, 0.29) is 0 Å². The molecular weight excluding hydrogens is 292 g/mol. The van der Waals surface area contributed by atoms with E-state index < -0.39 is 0 Å². The molecule has 0 aliphatic rings. The van der Waals surface area contributed by atoms with Crippen LogP contribution in [-0.4, -0.2) is 11.5 Å². The average Bonchev–Trinajstić information content (AvgIpc) is 2.72. The molecule has 3 nitrogen and oxygen atoms in total. The fourth-order valence-corrected chi connectivity index (χ4v) is 3.05. The Morgan fingerprint density at radius 1 is 1.35 bits per heavy atom. The smallest absolute Gasteiger partial charge is 0.261 e.